The highest BCUT2D eigenvalue weighted by Crippen LogP contribution is 2.27. The smallest absolute Gasteiger partial charge is 0.248 e. The summed E-state index contributed by atoms with van der Waals surface area (Å²) in [6.07, 6.45) is 0.957. The minimum absolute atomic E-state index is 0.0617. The Morgan fingerprint density at radius 3 is 2.37 bits per heavy atom. The van der Waals surface area contributed by atoms with Crippen LogP contribution in [0.2, 0.25) is 0 Å². The molecule has 2 aromatic rings. The molecule has 3 rings (SSSR count). The molecule has 0 saturated carbocycles. The largest absolute Gasteiger partial charge is 0.492 e. The minimum Gasteiger partial charge on any atom is -0.492 e. The second kappa shape index (κ2) is 9.18. The lowest BCUT2D eigenvalue weighted by atomic mass is 9.97. The summed E-state index contributed by atoms with van der Waals surface area (Å²) >= 11 is 0. The van der Waals surface area contributed by atoms with Gasteiger partial charge in [-0.3, -0.25) is 4.79 Å². The highest BCUT2D eigenvalue weighted by Gasteiger charge is 2.35. The van der Waals surface area contributed by atoms with Gasteiger partial charge in [0.1, 0.15) is 22.9 Å². The fourth-order valence-corrected chi connectivity index (χ4v) is 5.59. The predicted octanol–water partition coefficient (Wildman–Crippen LogP) is 2.50. The maximum Gasteiger partial charge on any atom is 0.248 e. The van der Waals surface area contributed by atoms with E-state index in [0.717, 1.165) is 16.9 Å². The van der Waals surface area contributed by atoms with Crippen LogP contribution in [-0.2, 0) is 14.8 Å². The molecular weight excluding hydrogens is 406 g/mol. The Morgan fingerprint density at radius 1 is 1.17 bits per heavy atom. The van der Waals surface area contributed by atoms with Gasteiger partial charge in [0.05, 0.1) is 6.54 Å². The van der Waals surface area contributed by atoms with Crippen molar-refractivity contribution in [2.24, 2.45) is 5.92 Å². The molecule has 0 radical (unpaired) electrons. The van der Waals surface area contributed by atoms with E-state index in [9.17, 15) is 13.2 Å². The third kappa shape index (κ3) is 5.02. The lowest BCUT2D eigenvalue weighted by Gasteiger charge is -2.30. The topological polar surface area (TPSA) is 102 Å². The van der Waals surface area contributed by atoms with Crippen LogP contribution >= 0.6 is 0 Å². The monoisotopic (exact) mass is 435 g/mol. The molecule has 30 heavy (non-hydrogen) atoms. The molecule has 1 N–H and O–H groups in total. The van der Waals surface area contributed by atoms with Crippen molar-refractivity contribution in [1.82, 2.24) is 14.8 Å². The second-order valence-electron chi connectivity index (χ2n) is 7.79. The number of hydrogen-bond donors (Lipinski definition) is 1. The summed E-state index contributed by atoms with van der Waals surface area (Å²) in [6.45, 7) is 8.61. The van der Waals surface area contributed by atoms with E-state index >= 15 is 0 Å². The number of nitrogens with one attached hydrogen (secondary N) is 1. The molecule has 0 unspecified atom stereocenters. The fourth-order valence-electron chi connectivity index (χ4n) is 3.83. The van der Waals surface area contributed by atoms with Gasteiger partial charge in [0.15, 0.2) is 5.76 Å². The van der Waals surface area contributed by atoms with Crippen LogP contribution in [0.4, 0.5) is 0 Å². The molecule has 8 nitrogen and oxygen atoms in total. The number of carbonyl (C=O) groups excluding carboxylic acids is 1. The Balaban J connectivity index is 1.46. The van der Waals surface area contributed by atoms with E-state index in [1.807, 2.05) is 26.0 Å². The average molecular weight is 436 g/mol. The summed E-state index contributed by atoms with van der Waals surface area (Å²) in [5.74, 6) is 0.812. The van der Waals surface area contributed by atoms with Gasteiger partial charge in [-0.2, -0.15) is 4.31 Å². The molecule has 1 aromatic heterocycles. The quantitative estimate of drug-likeness (QED) is 0.671. The van der Waals surface area contributed by atoms with Crippen molar-refractivity contribution in [3.8, 4) is 5.75 Å². The number of nitrogens with zero attached hydrogens (tertiary/aromatic N) is 2. The zero-order valence-electron chi connectivity index (χ0n) is 17.9. The Labute approximate surface area is 177 Å². The van der Waals surface area contributed by atoms with E-state index < -0.39 is 10.0 Å². The van der Waals surface area contributed by atoms with Gasteiger partial charge in [0.25, 0.3) is 0 Å². The number of carbonyl (C=O) groups is 1. The Kier molecular flexibility index (Phi) is 6.82. The first-order chi connectivity index (χ1) is 14.2. The van der Waals surface area contributed by atoms with Gasteiger partial charge in [-0.15, -0.1) is 0 Å². The average Bonchev–Trinajstić information content (AvgIpc) is 3.03. The molecule has 1 amide bonds. The summed E-state index contributed by atoms with van der Waals surface area (Å²) in [4.78, 5) is 12.6. The van der Waals surface area contributed by atoms with Gasteiger partial charge < -0.3 is 14.6 Å². The van der Waals surface area contributed by atoms with E-state index in [1.54, 1.807) is 13.8 Å². The lowest BCUT2D eigenvalue weighted by molar-refractivity contribution is -0.126. The number of piperidine rings is 1. The molecule has 1 fully saturated rings. The lowest BCUT2D eigenvalue weighted by Crippen LogP contribution is -2.43. The third-order valence-corrected chi connectivity index (χ3v) is 7.40. The first-order valence-corrected chi connectivity index (χ1v) is 11.5. The van der Waals surface area contributed by atoms with E-state index in [1.165, 1.54) is 4.31 Å². The zero-order valence-corrected chi connectivity index (χ0v) is 18.7. The molecule has 0 spiro atoms. The number of amides is 1. The number of benzene rings is 1. The van der Waals surface area contributed by atoms with Crippen LogP contribution in [0.3, 0.4) is 0 Å². The summed E-state index contributed by atoms with van der Waals surface area (Å²) in [5.41, 5.74) is 2.62. The molecule has 1 aliphatic rings. The first-order valence-electron chi connectivity index (χ1n) is 10.1. The van der Waals surface area contributed by atoms with Gasteiger partial charge >= 0.3 is 0 Å². The number of sulfonamides is 1. The normalized spacial score (nSPS) is 15.9. The maximum absolute atomic E-state index is 12.9. The molecule has 0 atom stereocenters. The molecule has 1 aliphatic heterocycles. The highest BCUT2D eigenvalue weighted by molar-refractivity contribution is 7.89. The van der Waals surface area contributed by atoms with Crippen molar-refractivity contribution in [2.45, 2.75) is 45.4 Å². The van der Waals surface area contributed by atoms with Crippen molar-refractivity contribution in [3.05, 3.63) is 40.8 Å². The van der Waals surface area contributed by atoms with Crippen molar-refractivity contribution < 1.29 is 22.5 Å². The van der Waals surface area contributed by atoms with Crippen molar-refractivity contribution in [2.75, 3.05) is 26.2 Å². The molecule has 164 valence electrons. The standard InChI is InChI=1S/C21H29N3O5S/c1-14-11-15(2)13-19(12-14)28-10-7-22-21(25)18-5-8-24(9-6-18)30(26,27)20-16(3)23-29-17(20)4/h11-13,18H,5-10H2,1-4H3,(H,22,25). The number of ether oxygens (including phenoxy) is 1. The van der Waals surface area contributed by atoms with Crippen molar-refractivity contribution in [1.29, 1.82) is 0 Å². The van der Waals surface area contributed by atoms with Crippen molar-refractivity contribution in [3.63, 3.8) is 0 Å². The van der Waals surface area contributed by atoms with Crippen molar-refractivity contribution >= 4 is 15.9 Å². The summed E-state index contributed by atoms with van der Waals surface area (Å²) in [5, 5.41) is 6.63. The summed E-state index contributed by atoms with van der Waals surface area (Å²) < 4.78 is 37.9. The maximum atomic E-state index is 12.9. The summed E-state index contributed by atoms with van der Waals surface area (Å²) in [7, 11) is -3.66. The molecule has 9 heteroatoms. The van der Waals surface area contributed by atoms with Gasteiger partial charge in [-0.05, 0) is 63.8 Å². The Hall–Kier alpha value is -2.39. The van der Waals surface area contributed by atoms with E-state index in [-0.39, 0.29) is 22.5 Å². The third-order valence-electron chi connectivity index (χ3n) is 5.26. The Morgan fingerprint density at radius 2 is 1.80 bits per heavy atom. The van der Waals surface area contributed by atoms with Crippen LogP contribution in [0.25, 0.3) is 0 Å². The number of aromatic nitrogens is 1. The van der Waals surface area contributed by atoms with Gasteiger partial charge in [-0.1, -0.05) is 11.2 Å². The molecule has 2 heterocycles. The van der Waals surface area contributed by atoms with Gasteiger partial charge in [0.2, 0.25) is 15.9 Å². The van der Waals surface area contributed by atoms with Gasteiger partial charge in [-0.25, -0.2) is 8.42 Å². The zero-order chi connectivity index (χ0) is 21.9. The van der Waals surface area contributed by atoms with E-state index in [2.05, 4.69) is 16.5 Å². The molecule has 1 aromatic carbocycles. The Bertz CT molecular complexity index is 968. The van der Waals surface area contributed by atoms with Crippen LogP contribution in [0.15, 0.2) is 27.6 Å². The number of aryl methyl sites for hydroxylation is 4. The van der Waals surface area contributed by atoms with Crippen LogP contribution < -0.4 is 10.1 Å². The number of rotatable bonds is 7. The van der Waals surface area contributed by atoms with E-state index in [0.29, 0.717) is 44.8 Å². The van der Waals surface area contributed by atoms with E-state index in [4.69, 9.17) is 9.26 Å². The highest BCUT2D eigenvalue weighted by atomic mass is 32.2. The molecule has 0 bridgehead atoms. The molecular formula is C21H29N3O5S. The van der Waals surface area contributed by atoms with Crippen LogP contribution in [0, 0.1) is 33.6 Å². The van der Waals surface area contributed by atoms with Gasteiger partial charge in [0, 0.05) is 19.0 Å². The first kappa shape index (κ1) is 22.3. The molecule has 1 saturated heterocycles. The predicted molar refractivity (Wildman–Crippen MR) is 112 cm³/mol. The number of hydrogen-bond acceptors (Lipinski definition) is 6. The molecule has 0 aliphatic carbocycles. The summed E-state index contributed by atoms with van der Waals surface area (Å²) in [6, 6.07) is 6.00. The second-order valence-corrected chi connectivity index (χ2v) is 9.67. The SMILES string of the molecule is Cc1cc(C)cc(OCCNC(=O)C2CCN(S(=O)(=O)c3c(C)noc3C)CC2)c1. The fraction of sp³-hybridized carbons (Fsp3) is 0.524. The van der Waals surface area contributed by atoms with Crippen LogP contribution in [-0.4, -0.2) is 50.0 Å². The minimum atomic E-state index is -3.66. The van der Waals surface area contributed by atoms with Crippen LogP contribution in [0.5, 0.6) is 5.75 Å². The van der Waals surface area contributed by atoms with Crippen LogP contribution in [0.1, 0.15) is 35.4 Å².